The molecular weight excluding hydrogens is 222 g/mol. The van der Waals surface area contributed by atoms with E-state index in [1.165, 1.54) is 12.4 Å². The number of aromatic nitrogens is 2. The Kier molecular flexibility index (Phi) is 3.53. The Bertz CT molecular complexity index is 405. The lowest BCUT2D eigenvalue weighted by Crippen LogP contribution is -2.30. The zero-order valence-electron chi connectivity index (χ0n) is 9.59. The van der Waals surface area contributed by atoms with Crippen LogP contribution in [0.5, 0.6) is 0 Å². The van der Waals surface area contributed by atoms with E-state index in [4.69, 9.17) is 9.84 Å². The van der Waals surface area contributed by atoms with Crippen molar-refractivity contribution in [1.82, 2.24) is 9.97 Å². The van der Waals surface area contributed by atoms with Gasteiger partial charge in [-0.15, -0.1) is 0 Å². The summed E-state index contributed by atoms with van der Waals surface area (Å²) in [5, 5.41) is 11.9. The largest absolute Gasteiger partial charge is 0.476 e. The first-order valence-electron chi connectivity index (χ1n) is 5.60. The standard InChI is InChI=1S/C11H15N3O3/c1-7(9-3-2-4-17-9)13-10-6-12-5-8(14-10)11(15)16/h5-7,9H,2-4H2,1H3,(H,13,14)(H,15,16). The maximum absolute atomic E-state index is 10.7. The van der Waals surface area contributed by atoms with Crippen LogP contribution in [0.25, 0.3) is 0 Å². The minimum atomic E-state index is -1.08. The van der Waals surface area contributed by atoms with E-state index in [0.717, 1.165) is 19.4 Å². The molecule has 1 saturated heterocycles. The van der Waals surface area contributed by atoms with Crippen molar-refractivity contribution in [1.29, 1.82) is 0 Å². The van der Waals surface area contributed by atoms with Gasteiger partial charge in [-0.2, -0.15) is 0 Å². The highest BCUT2D eigenvalue weighted by Gasteiger charge is 2.22. The monoisotopic (exact) mass is 237 g/mol. The lowest BCUT2D eigenvalue weighted by Gasteiger charge is -2.20. The number of hydrogen-bond acceptors (Lipinski definition) is 5. The molecule has 1 aliphatic rings. The smallest absolute Gasteiger partial charge is 0.356 e. The number of anilines is 1. The minimum absolute atomic E-state index is 0.0606. The zero-order chi connectivity index (χ0) is 12.3. The molecule has 2 unspecified atom stereocenters. The fourth-order valence-corrected chi connectivity index (χ4v) is 1.86. The van der Waals surface area contributed by atoms with Crippen LogP contribution in [0.2, 0.25) is 0 Å². The Hall–Kier alpha value is -1.69. The number of carboxylic acid groups (broad SMARTS) is 1. The second-order valence-corrected chi connectivity index (χ2v) is 4.08. The van der Waals surface area contributed by atoms with Gasteiger partial charge in [-0.05, 0) is 19.8 Å². The maximum atomic E-state index is 10.7. The summed E-state index contributed by atoms with van der Waals surface area (Å²) in [6.45, 7) is 2.78. The average molecular weight is 237 g/mol. The molecule has 2 heterocycles. The van der Waals surface area contributed by atoms with Crippen molar-refractivity contribution in [3.63, 3.8) is 0 Å². The van der Waals surface area contributed by atoms with Gasteiger partial charge in [-0.25, -0.2) is 9.78 Å². The first-order valence-corrected chi connectivity index (χ1v) is 5.60. The first-order chi connectivity index (χ1) is 8.16. The molecule has 2 N–H and O–H groups in total. The van der Waals surface area contributed by atoms with E-state index in [-0.39, 0.29) is 17.8 Å². The predicted octanol–water partition coefficient (Wildman–Crippen LogP) is 1.15. The number of hydrogen-bond donors (Lipinski definition) is 2. The summed E-state index contributed by atoms with van der Waals surface area (Å²) in [6.07, 6.45) is 4.98. The lowest BCUT2D eigenvalue weighted by molar-refractivity contribution is 0.0690. The zero-order valence-corrected chi connectivity index (χ0v) is 9.59. The van der Waals surface area contributed by atoms with Gasteiger partial charge in [0.05, 0.1) is 24.5 Å². The molecule has 17 heavy (non-hydrogen) atoms. The second-order valence-electron chi connectivity index (χ2n) is 4.08. The average Bonchev–Trinajstić information content (AvgIpc) is 2.82. The van der Waals surface area contributed by atoms with E-state index >= 15 is 0 Å². The van der Waals surface area contributed by atoms with Crippen molar-refractivity contribution in [2.45, 2.75) is 31.9 Å². The maximum Gasteiger partial charge on any atom is 0.356 e. The van der Waals surface area contributed by atoms with Crippen molar-refractivity contribution in [2.24, 2.45) is 0 Å². The molecule has 92 valence electrons. The number of carboxylic acids is 1. The third kappa shape index (κ3) is 2.91. The Balaban J connectivity index is 2.02. The quantitative estimate of drug-likeness (QED) is 0.817. The molecule has 0 amide bonds. The predicted molar refractivity (Wildman–Crippen MR) is 61.1 cm³/mol. The molecule has 0 spiro atoms. The fraction of sp³-hybridized carbons (Fsp3) is 0.545. The molecule has 0 saturated carbocycles. The van der Waals surface area contributed by atoms with E-state index < -0.39 is 5.97 Å². The fourth-order valence-electron chi connectivity index (χ4n) is 1.86. The topological polar surface area (TPSA) is 84.3 Å². The van der Waals surface area contributed by atoms with Crippen LogP contribution in [0.15, 0.2) is 12.4 Å². The van der Waals surface area contributed by atoms with E-state index in [2.05, 4.69) is 15.3 Å². The molecule has 1 fully saturated rings. The highest BCUT2D eigenvalue weighted by molar-refractivity contribution is 5.85. The highest BCUT2D eigenvalue weighted by atomic mass is 16.5. The molecule has 0 radical (unpaired) electrons. The summed E-state index contributed by atoms with van der Waals surface area (Å²) < 4.78 is 5.54. The molecule has 6 nitrogen and oxygen atoms in total. The van der Waals surface area contributed by atoms with E-state index in [0.29, 0.717) is 5.82 Å². The number of rotatable bonds is 4. The third-order valence-electron chi connectivity index (χ3n) is 2.75. The Morgan fingerprint density at radius 2 is 2.47 bits per heavy atom. The van der Waals surface area contributed by atoms with Crippen LogP contribution in [0.1, 0.15) is 30.3 Å². The van der Waals surface area contributed by atoms with Gasteiger partial charge in [-0.3, -0.25) is 4.98 Å². The molecule has 1 aromatic heterocycles. The van der Waals surface area contributed by atoms with Crippen LogP contribution >= 0.6 is 0 Å². The number of aromatic carboxylic acids is 1. The van der Waals surface area contributed by atoms with E-state index in [1.54, 1.807) is 0 Å². The summed E-state index contributed by atoms with van der Waals surface area (Å²) >= 11 is 0. The summed E-state index contributed by atoms with van der Waals surface area (Å²) in [7, 11) is 0. The van der Waals surface area contributed by atoms with Crippen molar-refractivity contribution in [2.75, 3.05) is 11.9 Å². The van der Waals surface area contributed by atoms with Gasteiger partial charge in [-0.1, -0.05) is 0 Å². The van der Waals surface area contributed by atoms with Crippen LogP contribution in [0.4, 0.5) is 5.82 Å². The molecule has 1 aromatic rings. The lowest BCUT2D eigenvalue weighted by atomic mass is 10.1. The minimum Gasteiger partial charge on any atom is -0.476 e. The van der Waals surface area contributed by atoms with E-state index in [1.807, 2.05) is 6.92 Å². The SMILES string of the molecule is CC(Nc1cncc(C(=O)O)n1)C1CCCO1. The van der Waals surface area contributed by atoms with Gasteiger partial charge in [0.25, 0.3) is 0 Å². The van der Waals surface area contributed by atoms with Gasteiger partial charge in [0.2, 0.25) is 0 Å². The first kappa shape index (κ1) is 11.8. The van der Waals surface area contributed by atoms with Crippen LogP contribution < -0.4 is 5.32 Å². The third-order valence-corrected chi connectivity index (χ3v) is 2.75. The molecular formula is C11H15N3O3. The molecule has 0 aliphatic carbocycles. The van der Waals surface area contributed by atoms with Gasteiger partial charge in [0.15, 0.2) is 5.69 Å². The summed E-state index contributed by atoms with van der Waals surface area (Å²) in [5.41, 5.74) is -0.0606. The van der Waals surface area contributed by atoms with Crippen molar-refractivity contribution < 1.29 is 14.6 Å². The summed E-state index contributed by atoms with van der Waals surface area (Å²) in [4.78, 5) is 18.5. The van der Waals surface area contributed by atoms with Crippen LogP contribution in [-0.4, -0.2) is 39.8 Å². The van der Waals surface area contributed by atoms with Crippen molar-refractivity contribution in [3.8, 4) is 0 Å². The molecule has 2 rings (SSSR count). The van der Waals surface area contributed by atoms with Crippen LogP contribution in [0, 0.1) is 0 Å². The number of carbonyl (C=O) groups is 1. The number of nitrogens with one attached hydrogen (secondary N) is 1. The van der Waals surface area contributed by atoms with Crippen molar-refractivity contribution in [3.05, 3.63) is 18.1 Å². The summed E-state index contributed by atoms with van der Waals surface area (Å²) in [6, 6.07) is 0.0934. The van der Waals surface area contributed by atoms with Crippen LogP contribution in [0.3, 0.4) is 0 Å². The van der Waals surface area contributed by atoms with E-state index in [9.17, 15) is 4.79 Å². The molecule has 1 aliphatic heterocycles. The van der Waals surface area contributed by atoms with Gasteiger partial charge < -0.3 is 15.2 Å². The number of nitrogens with zero attached hydrogens (tertiary/aromatic N) is 2. The van der Waals surface area contributed by atoms with Gasteiger partial charge >= 0.3 is 5.97 Å². The van der Waals surface area contributed by atoms with Gasteiger partial charge in [0.1, 0.15) is 5.82 Å². The Labute approximate surface area is 99.0 Å². The van der Waals surface area contributed by atoms with Crippen LogP contribution in [-0.2, 0) is 4.74 Å². The summed E-state index contributed by atoms with van der Waals surface area (Å²) in [5.74, 6) is -0.612. The highest BCUT2D eigenvalue weighted by Crippen LogP contribution is 2.18. The normalized spacial score (nSPS) is 21.1. The Morgan fingerprint density at radius 1 is 1.65 bits per heavy atom. The molecule has 2 atom stereocenters. The molecule has 0 bridgehead atoms. The van der Waals surface area contributed by atoms with Crippen molar-refractivity contribution >= 4 is 11.8 Å². The Morgan fingerprint density at radius 3 is 3.12 bits per heavy atom. The molecule has 6 heteroatoms. The number of ether oxygens (including phenoxy) is 1. The molecule has 0 aromatic carbocycles. The van der Waals surface area contributed by atoms with Gasteiger partial charge in [0, 0.05) is 6.61 Å². The second kappa shape index (κ2) is 5.09.